The lowest BCUT2D eigenvalue weighted by Gasteiger charge is -2.46. The maximum Gasteiger partial charge on any atom is 0.460 e. The standard InChI is InChI=1S/C13H6F27N3Si/c14-1(15,2(16,17)4(20,21)6(24,25)8(28,29)10(32,33)12(36,37)38)3(18,19)5(22,23)7(26,27)9(30,31)11(34,35)13(39,40)44(41,42)43/h41-43H2. The number of hydrogen-bond donors (Lipinski definition) is 3. The molecule has 0 aromatic heterocycles. The zero-order chi connectivity index (χ0) is 37.0. The third-order valence-electron chi connectivity index (χ3n) is 5.24. The summed E-state index contributed by atoms with van der Waals surface area (Å²) in [6.45, 7) is 0. The van der Waals surface area contributed by atoms with Crippen molar-refractivity contribution in [3.8, 4) is 0 Å². The molecule has 0 aromatic carbocycles. The van der Waals surface area contributed by atoms with Crippen LogP contribution in [0.3, 0.4) is 0 Å². The second kappa shape index (κ2) is 9.86. The first kappa shape index (κ1) is 42.2. The van der Waals surface area contributed by atoms with Crippen molar-refractivity contribution in [2.75, 3.05) is 0 Å². The van der Waals surface area contributed by atoms with Crippen LogP contribution in [-0.2, 0) is 0 Å². The molecule has 266 valence electrons. The number of rotatable bonds is 12. The number of hydrogen-bond acceptors (Lipinski definition) is 3. The monoisotopic (exact) mass is 745 g/mol. The van der Waals surface area contributed by atoms with E-state index in [4.69, 9.17) is 0 Å². The van der Waals surface area contributed by atoms with E-state index >= 15 is 0 Å². The van der Waals surface area contributed by atoms with Crippen molar-refractivity contribution in [1.82, 2.24) is 0 Å². The molecule has 0 saturated carbocycles. The highest BCUT2D eigenvalue weighted by molar-refractivity contribution is 6.73. The van der Waals surface area contributed by atoms with Crippen LogP contribution in [0.1, 0.15) is 0 Å². The van der Waals surface area contributed by atoms with E-state index < -0.39 is 85.4 Å². The first-order chi connectivity index (χ1) is 18.2. The molecule has 0 spiro atoms. The van der Waals surface area contributed by atoms with Crippen LogP contribution in [-0.4, -0.2) is 85.4 Å². The van der Waals surface area contributed by atoms with Gasteiger partial charge in [-0.3, -0.25) is 0 Å². The average molecular weight is 745 g/mol. The Balaban J connectivity index is 7.52. The second-order valence-corrected chi connectivity index (χ2v) is 10.8. The molecule has 0 radical (unpaired) electrons. The van der Waals surface area contributed by atoms with Crippen LogP contribution in [0.15, 0.2) is 0 Å². The van der Waals surface area contributed by atoms with Crippen molar-refractivity contribution in [2.45, 2.75) is 76.9 Å². The van der Waals surface area contributed by atoms with Crippen LogP contribution in [0, 0.1) is 0 Å². The van der Waals surface area contributed by atoms with Crippen LogP contribution in [0.25, 0.3) is 0 Å². The fourth-order valence-corrected chi connectivity index (χ4v) is 3.12. The van der Waals surface area contributed by atoms with Crippen molar-refractivity contribution in [1.29, 1.82) is 0 Å². The van der Waals surface area contributed by atoms with Gasteiger partial charge in [-0.2, -0.15) is 119 Å². The van der Waals surface area contributed by atoms with Crippen LogP contribution < -0.4 is 16.2 Å². The molecular weight excluding hydrogens is 739 g/mol. The molecule has 0 aromatic rings. The molecular formula is C13H6F27N3Si. The molecule has 0 saturated heterocycles. The van der Waals surface area contributed by atoms with Crippen molar-refractivity contribution in [3.05, 3.63) is 0 Å². The Bertz CT molecular complexity index is 982. The van der Waals surface area contributed by atoms with Crippen molar-refractivity contribution in [2.24, 2.45) is 16.2 Å². The van der Waals surface area contributed by atoms with Crippen LogP contribution in [0.2, 0.25) is 0 Å². The van der Waals surface area contributed by atoms with Gasteiger partial charge in [0.2, 0.25) is 0 Å². The lowest BCUT2D eigenvalue weighted by Crippen LogP contribution is -2.85. The average Bonchev–Trinajstić information content (AvgIpc) is 2.75. The van der Waals surface area contributed by atoms with E-state index in [0.717, 1.165) is 0 Å². The van der Waals surface area contributed by atoms with Gasteiger partial charge < -0.3 is 16.2 Å². The fraction of sp³-hybridized carbons (Fsp3) is 1.00. The molecule has 0 fully saturated rings. The molecule has 0 rings (SSSR count). The minimum atomic E-state index is -9.81. The van der Waals surface area contributed by atoms with E-state index in [1.165, 1.54) is 0 Å². The molecule has 0 amide bonds. The quantitative estimate of drug-likeness (QED) is 0.157. The molecule has 0 unspecified atom stereocenters. The van der Waals surface area contributed by atoms with Gasteiger partial charge in [0.1, 0.15) is 0 Å². The molecule has 0 aliphatic heterocycles. The van der Waals surface area contributed by atoms with E-state index in [-0.39, 0.29) is 0 Å². The molecule has 0 aliphatic rings. The van der Waals surface area contributed by atoms with Gasteiger partial charge in [0.25, 0.3) is 0 Å². The van der Waals surface area contributed by atoms with Gasteiger partial charge in [0.15, 0.2) is 0 Å². The first-order valence-corrected chi connectivity index (χ1v) is 11.5. The topological polar surface area (TPSA) is 78.1 Å². The largest absolute Gasteiger partial charge is 0.460 e. The Morgan fingerprint density at radius 1 is 0.227 bits per heavy atom. The lowest BCUT2D eigenvalue weighted by molar-refractivity contribution is -0.484. The molecule has 31 heteroatoms. The molecule has 0 bridgehead atoms. The minimum absolute atomic E-state index is 3.93. The highest BCUT2D eigenvalue weighted by Crippen LogP contribution is 2.68. The third kappa shape index (κ3) is 4.66. The van der Waals surface area contributed by atoms with Crippen LogP contribution >= 0.6 is 0 Å². The molecule has 44 heavy (non-hydrogen) atoms. The molecule has 0 aliphatic carbocycles. The van der Waals surface area contributed by atoms with Crippen LogP contribution in [0.4, 0.5) is 119 Å². The summed E-state index contributed by atoms with van der Waals surface area (Å²) in [6, 6.07) is 0. The fourth-order valence-electron chi connectivity index (χ4n) is 2.42. The minimum Gasteiger partial charge on any atom is -0.323 e. The summed E-state index contributed by atoms with van der Waals surface area (Å²) in [5.74, 6) is -103. The van der Waals surface area contributed by atoms with E-state index in [1.807, 2.05) is 0 Å². The predicted molar refractivity (Wildman–Crippen MR) is 83.7 cm³/mol. The van der Waals surface area contributed by atoms with Gasteiger partial charge in [0, 0.05) is 0 Å². The van der Waals surface area contributed by atoms with E-state index in [1.54, 1.807) is 0 Å². The second-order valence-electron chi connectivity index (χ2n) is 8.32. The molecule has 6 N–H and O–H groups in total. The molecule has 0 atom stereocenters. The first-order valence-electron chi connectivity index (χ1n) is 9.22. The van der Waals surface area contributed by atoms with Gasteiger partial charge in [-0.1, -0.05) is 0 Å². The van der Waals surface area contributed by atoms with E-state index in [9.17, 15) is 119 Å². The van der Waals surface area contributed by atoms with Gasteiger partial charge in [-0.25, -0.2) is 0 Å². The van der Waals surface area contributed by atoms with Gasteiger partial charge >= 0.3 is 85.4 Å². The zero-order valence-electron chi connectivity index (χ0n) is 18.9. The van der Waals surface area contributed by atoms with Gasteiger partial charge in [-0.05, 0) is 0 Å². The van der Waals surface area contributed by atoms with E-state index in [0.29, 0.717) is 0 Å². The third-order valence-corrected chi connectivity index (χ3v) is 6.64. The van der Waals surface area contributed by atoms with Crippen LogP contribution in [0.5, 0.6) is 0 Å². The predicted octanol–water partition coefficient (Wildman–Crippen LogP) is 6.53. The summed E-state index contributed by atoms with van der Waals surface area (Å²) in [6.07, 6.45) is -8.25. The summed E-state index contributed by atoms with van der Waals surface area (Å²) < 4.78 is 359. The number of alkyl halides is 27. The Hall–Kier alpha value is -1.79. The van der Waals surface area contributed by atoms with E-state index in [2.05, 4.69) is 16.2 Å². The zero-order valence-corrected chi connectivity index (χ0v) is 19.9. The van der Waals surface area contributed by atoms with Gasteiger partial charge in [-0.15, -0.1) is 0 Å². The summed E-state index contributed by atoms with van der Waals surface area (Å²) in [7, 11) is -6.97. The molecule has 3 nitrogen and oxygen atoms in total. The van der Waals surface area contributed by atoms with Crippen molar-refractivity contribution >= 4 is 8.56 Å². The smallest absolute Gasteiger partial charge is 0.323 e. The maximum absolute atomic E-state index is 13.7. The molecule has 0 heterocycles. The Morgan fingerprint density at radius 3 is 0.500 bits per heavy atom. The normalized spacial score (nSPS) is 17.3. The number of halogens is 27. The maximum atomic E-state index is 13.7. The van der Waals surface area contributed by atoms with Crippen molar-refractivity contribution in [3.63, 3.8) is 0 Å². The SMILES string of the molecule is N[Si](N)(N)C(F)(F)C(F)(F)C(F)(F)C(F)(F)C(F)(F)C(F)(F)C(F)(F)C(F)(F)C(F)(F)C(F)(F)C(F)(F)C(F)(F)C(F)(F)F. The highest BCUT2D eigenvalue weighted by Gasteiger charge is 3.00. The Kier molecular flexibility index (Phi) is 9.46. The summed E-state index contributed by atoms with van der Waals surface area (Å²) in [4.78, 5) is 0. The summed E-state index contributed by atoms with van der Waals surface area (Å²) in [5.41, 5.74) is -7.34. The summed E-state index contributed by atoms with van der Waals surface area (Å²) >= 11 is 0. The Labute approximate surface area is 221 Å². The lowest BCUT2D eigenvalue weighted by atomic mass is 9.84. The summed E-state index contributed by atoms with van der Waals surface area (Å²) in [5, 5.41) is 11.8. The number of nitrogens with two attached hydrogens (primary N) is 3. The highest BCUT2D eigenvalue weighted by atomic mass is 28.4. The van der Waals surface area contributed by atoms with Gasteiger partial charge in [0.05, 0.1) is 0 Å². The Morgan fingerprint density at radius 2 is 0.364 bits per heavy atom. The van der Waals surface area contributed by atoms with Crippen molar-refractivity contribution < 1.29 is 119 Å².